The summed E-state index contributed by atoms with van der Waals surface area (Å²) in [5.74, 6) is 0.615. The molecule has 27 heavy (non-hydrogen) atoms. The van der Waals surface area contributed by atoms with E-state index in [1.165, 1.54) is 6.20 Å². The second kappa shape index (κ2) is 6.71. The minimum absolute atomic E-state index is 0.367. The van der Waals surface area contributed by atoms with Crippen LogP contribution in [0.1, 0.15) is 0 Å². The van der Waals surface area contributed by atoms with Gasteiger partial charge in [-0.3, -0.25) is 0 Å². The number of fused-ring (bicyclic) bond motifs is 1. The lowest BCUT2D eigenvalue weighted by atomic mass is 9.78. The molecule has 2 aromatic heterocycles. The lowest BCUT2D eigenvalue weighted by Gasteiger charge is -2.13. The van der Waals surface area contributed by atoms with Gasteiger partial charge < -0.3 is 20.5 Å². The highest BCUT2D eigenvalue weighted by atomic mass is 16.5. The average Bonchev–Trinajstić information content (AvgIpc) is 3.16. The van der Waals surface area contributed by atoms with Crippen LogP contribution in [0.3, 0.4) is 0 Å². The molecule has 0 aliphatic carbocycles. The van der Waals surface area contributed by atoms with E-state index in [1.807, 2.05) is 18.2 Å². The number of anilines is 1. The number of rotatable bonds is 4. The molecule has 134 valence electrons. The van der Waals surface area contributed by atoms with Crippen LogP contribution in [0.4, 0.5) is 5.69 Å². The van der Waals surface area contributed by atoms with Crippen LogP contribution in [0.25, 0.3) is 27.7 Å². The molecule has 8 nitrogen and oxygen atoms in total. The molecule has 0 aliphatic rings. The van der Waals surface area contributed by atoms with E-state index in [0.717, 1.165) is 22.2 Å². The molecule has 4 rings (SSSR count). The maximum atomic E-state index is 9.58. The largest absolute Gasteiger partial charge is 0.493 e. The molecule has 0 aliphatic heterocycles. The molecular weight excluding hydrogens is 345 g/mol. The third-order valence-corrected chi connectivity index (χ3v) is 4.34. The number of nitrogens with two attached hydrogens (primary N) is 1. The SMILES string of the molecule is COc1cnn(-c2ccc(B(O)O)cc2-c2ccc3c(N)cnnc3c2)c1. The molecule has 9 heteroatoms. The van der Waals surface area contributed by atoms with Crippen molar-refractivity contribution < 1.29 is 14.8 Å². The zero-order chi connectivity index (χ0) is 19.0. The Morgan fingerprint density at radius 2 is 1.96 bits per heavy atom. The average molecular weight is 361 g/mol. The van der Waals surface area contributed by atoms with Gasteiger partial charge in [0.1, 0.15) is 0 Å². The van der Waals surface area contributed by atoms with Crippen molar-refractivity contribution in [3.8, 4) is 22.6 Å². The Labute approximate surface area is 155 Å². The predicted octanol–water partition coefficient (Wildman–Crippen LogP) is 0.753. The van der Waals surface area contributed by atoms with Crippen molar-refractivity contribution in [2.24, 2.45) is 0 Å². The Kier molecular flexibility index (Phi) is 4.23. The standard InChI is InChI=1S/C18H16BN5O3/c1-27-13-8-22-24(10-13)18-5-3-12(19(25)26)7-15(18)11-2-4-14-16(20)9-21-23-17(14)6-11/h2-10,25-26H,1H3,(H2,20,23). The number of nitrogen functional groups attached to an aromatic ring is 1. The molecule has 4 aromatic rings. The van der Waals surface area contributed by atoms with Crippen LogP contribution in [-0.4, -0.2) is 44.3 Å². The lowest BCUT2D eigenvalue weighted by Crippen LogP contribution is -2.30. The number of aromatic nitrogens is 4. The van der Waals surface area contributed by atoms with Gasteiger partial charge in [-0.2, -0.15) is 15.3 Å². The summed E-state index contributed by atoms with van der Waals surface area (Å²) in [4.78, 5) is 0. The van der Waals surface area contributed by atoms with Crippen LogP contribution in [0.5, 0.6) is 5.75 Å². The summed E-state index contributed by atoms with van der Waals surface area (Å²) in [6.45, 7) is 0. The first-order chi connectivity index (χ1) is 13.1. The Hall–Kier alpha value is -3.43. The summed E-state index contributed by atoms with van der Waals surface area (Å²) in [7, 11) is -0.0132. The molecule has 0 saturated carbocycles. The summed E-state index contributed by atoms with van der Waals surface area (Å²) >= 11 is 0. The van der Waals surface area contributed by atoms with Crippen molar-refractivity contribution in [1.82, 2.24) is 20.0 Å². The number of hydrogen-bond acceptors (Lipinski definition) is 7. The van der Waals surface area contributed by atoms with Crippen molar-refractivity contribution in [2.75, 3.05) is 12.8 Å². The Bertz CT molecular complexity index is 1130. The van der Waals surface area contributed by atoms with Crippen molar-refractivity contribution in [2.45, 2.75) is 0 Å². The van der Waals surface area contributed by atoms with E-state index in [2.05, 4.69) is 15.3 Å². The second-order valence-corrected chi connectivity index (χ2v) is 6.01. The summed E-state index contributed by atoms with van der Waals surface area (Å²) in [5.41, 5.74) is 9.82. The highest BCUT2D eigenvalue weighted by Crippen LogP contribution is 2.30. The molecule has 2 aromatic carbocycles. The smallest absolute Gasteiger partial charge is 0.488 e. The molecule has 0 unspecified atom stereocenters. The zero-order valence-electron chi connectivity index (χ0n) is 14.4. The Balaban J connectivity index is 1.93. The number of methoxy groups -OCH3 is 1. The van der Waals surface area contributed by atoms with Crippen molar-refractivity contribution in [3.05, 3.63) is 55.0 Å². The summed E-state index contributed by atoms with van der Waals surface area (Å²) in [5, 5.41) is 32.3. The topological polar surface area (TPSA) is 119 Å². The normalized spacial score (nSPS) is 10.9. The maximum absolute atomic E-state index is 9.58. The molecule has 0 atom stereocenters. The van der Waals surface area contributed by atoms with Gasteiger partial charge in [-0.25, -0.2) is 4.68 Å². The van der Waals surface area contributed by atoms with Gasteiger partial charge in [-0.1, -0.05) is 18.2 Å². The number of nitrogens with zero attached hydrogens (tertiary/aromatic N) is 4. The van der Waals surface area contributed by atoms with Gasteiger partial charge in [0.25, 0.3) is 0 Å². The van der Waals surface area contributed by atoms with Gasteiger partial charge >= 0.3 is 7.12 Å². The first-order valence-electron chi connectivity index (χ1n) is 8.17. The molecule has 0 fully saturated rings. The summed E-state index contributed by atoms with van der Waals surface area (Å²) < 4.78 is 6.86. The van der Waals surface area contributed by atoms with E-state index in [4.69, 9.17) is 10.5 Å². The van der Waals surface area contributed by atoms with E-state index in [9.17, 15) is 10.0 Å². The molecule has 0 spiro atoms. The molecule has 0 amide bonds. The van der Waals surface area contributed by atoms with Crippen LogP contribution in [0.15, 0.2) is 55.0 Å². The van der Waals surface area contributed by atoms with E-state index < -0.39 is 7.12 Å². The van der Waals surface area contributed by atoms with Gasteiger partial charge in [-0.05, 0) is 29.2 Å². The van der Waals surface area contributed by atoms with Crippen LogP contribution in [-0.2, 0) is 0 Å². The van der Waals surface area contributed by atoms with Gasteiger partial charge in [0.15, 0.2) is 5.75 Å². The molecule has 0 bridgehead atoms. The van der Waals surface area contributed by atoms with Crippen LogP contribution >= 0.6 is 0 Å². The predicted molar refractivity (Wildman–Crippen MR) is 103 cm³/mol. The summed E-state index contributed by atoms with van der Waals surface area (Å²) in [6.07, 6.45) is 4.85. The Morgan fingerprint density at radius 1 is 1.11 bits per heavy atom. The minimum atomic E-state index is -1.58. The fourth-order valence-electron chi connectivity index (χ4n) is 2.94. The van der Waals surface area contributed by atoms with Crippen molar-refractivity contribution >= 4 is 29.2 Å². The van der Waals surface area contributed by atoms with E-state index in [0.29, 0.717) is 22.4 Å². The van der Waals surface area contributed by atoms with Gasteiger partial charge in [0.2, 0.25) is 0 Å². The second-order valence-electron chi connectivity index (χ2n) is 6.01. The quantitative estimate of drug-likeness (QED) is 0.459. The van der Waals surface area contributed by atoms with Crippen molar-refractivity contribution in [1.29, 1.82) is 0 Å². The highest BCUT2D eigenvalue weighted by Gasteiger charge is 2.17. The molecule has 4 N–H and O–H groups in total. The molecule has 0 saturated heterocycles. The van der Waals surface area contributed by atoms with Gasteiger partial charge in [-0.15, -0.1) is 0 Å². The molecular formula is C18H16BN5O3. The van der Waals surface area contributed by atoms with E-state index in [-0.39, 0.29) is 0 Å². The fraction of sp³-hybridized carbons (Fsp3) is 0.0556. The first-order valence-corrected chi connectivity index (χ1v) is 8.17. The fourth-order valence-corrected chi connectivity index (χ4v) is 2.94. The molecule has 2 heterocycles. The van der Waals surface area contributed by atoms with E-state index >= 15 is 0 Å². The van der Waals surface area contributed by atoms with Crippen LogP contribution in [0.2, 0.25) is 0 Å². The number of hydrogen-bond donors (Lipinski definition) is 3. The minimum Gasteiger partial charge on any atom is -0.493 e. The van der Waals surface area contributed by atoms with E-state index in [1.54, 1.807) is 42.4 Å². The monoisotopic (exact) mass is 361 g/mol. The zero-order valence-corrected chi connectivity index (χ0v) is 14.4. The maximum Gasteiger partial charge on any atom is 0.488 e. The molecule has 0 radical (unpaired) electrons. The van der Waals surface area contributed by atoms with Crippen LogP contribution in [0, 0.1) is 0 Å². The van der Waals surface area contributed by atoms with Gasteiger partial charge in [0.05, 0.1) is 42.6 Å². The van der Waals surface area contributed by atoms with Gasteiger partial charge in [0, 0.05) is 10.9 Å². The summed E-state index contributed by atoms with van der Waals surface area (Å²) in [6, 6.07) is 10.7. The highest BCUT2D eigenvalue weighted by molar-refractivity contribution is 6.58. The van der Waals surface area contributed by atoms with Crippen molar-refractivity contribution in [3.63, 3.8) is 0 Å². The Morgan fingerprint density at radius 3 is 2.70 bits per heavy atom. The number of benzene rings is 2. The van der Waals surface area contributed by atoms with Crippen LogP contribution < -0.4 is 15.9 Å². The third-order valence-electron chi connectivity index (χ3n) is 4.34. The first kappa shape index (κ1) is 17.0. The number of ether oxygens (including phenoxy) is 1. The third kappa shape index (κ3) is 3.09. The lowest BCUT2D eigenvalue weighted by molar-refractivity contribution is 0.414.